The van der Waals surface area contributed by atoms with Crippen LogP contribution in [-0.2, 0) is 4.74 Å². The third-order valence-electron chi connectivity index (χ3n) is 8.50. The molecule has 2 aliphatic carbocycles. The molecular weight excluding hydrogens is 490 g/mol. The number of nitrogens with zero attached hydrogens (tertiary/aromatic N) is 4. The van der Waals surface area contributed by atoms with Crippen molar-refractivity contribution in [1.82, 2.24) is 4.90 Å². The first-order valence-electron chi connectivity index (χ1n) is 13.8. The van der Waals surface area contributed by atoms with Crippen molar-refractivity contribution < 1.29 is 14.2 Å². The van der Waals surface area contributed by atoms with Gasteiger partial charge in [0, 0.05) is 25.6 Å². The molecule has 8 nitrogen and oxygen atoms in total. The third kappa shape index (κ3) is 5.48. The van der Waals surface area contributed by atoms with Crippen LogP contribution in [-0.4, -0.2) is 51.0 Å². The van der Waals surface area contributed by atoms with E-state index in [9.17, 15) is 15.8 Å². The van der Waals surface area contributed by atoms with Crippen molar-refractivity contribution in [3.8, 4) is 29.7 Å². The lowest BCUT2D eigenvalue weighted by atomic mass is 9.54. The van der Waals surface area contributed by atoms with Crippen LogP contribution in [0.2, 0.25) is 0 Å². The van der Waals surface area contributed by atoms with Gasteiger partial charge in [-0.1, -0.05) is 32.9 Å². The summed E-state index contributed by atoms with van der Waals surface area (Å²) in [5, 5.41) is 30.9. The maximum absolute atomic E-state index is 10.5. The highest BCUT2D eigenvalue weighted by Crippen LogP contribution is 2.58. The molecule has 0 bridgehead atoms. The second kappa shape index (κ2) is 11.7. The number of allylic oxidation sites excluding steroid dienone is 4. The van der Waals surface area contributed by atoms with Gasteiger partial charge in [0.1, 0.15) is 12.7 Å². The van der Waals surface area contributed by atoms with Crippen LogP contribution in [0, 0.1) is 56.7 Å². The molecule has 39 heavy (non-hydrogen) atoms. The van der Waals surface area contributed by atoms with Gasteiger partial charge in [-0.15, -0.1) is 0 Å². The Morgan fingerprint density at radius 1 is 1.10 bits per heavy atom. The monoisotopic (exact) mass is 529 g/mol. The zero-order chi connectivity index (χ0) is 28.2. The van der Waals surface area contributed by atoms with Gasteiger partial charge in [-0.3, -0.25) is 4.90 Å². The Bertz CT molecular complexity index is 1240. The van der Waals surface area contributed by atoms with Crippen LogP contribution in [0.3, 0.4) is 0 Å². The predicted octanol–water partition coefficient (Wildman–Crippen LogP) is 4.66. The van der Waals surface area contributed by atoms with Gasteiger partial charge in [0.05, 0.1) is 43.2 Å². The number of morpholine rings is 1. The molecule has 1 aromatic rings. The molecule has 0 aromatic heterocycles. The summed E-state index contributed by atoms with van der Waals surface area (Å²) in [5.74, 6) is 0.771. The lowest BCUT2D eigenvalue weighted by Gasteiger charge is -2.47. The molecule has 206 valence electrons. The third-order valence-corrected chi connectivity index (χ3v) is 8.50. The maximum Gasteiger partial charge on any atom is 0.191 e. The summed E-state index contributed by atoms with van der Waals surface area (Å²) in [6, 6.07) is 12.4. The van der Waals surface area contributed by atoms with Crippen molar-refractivity contribution in [2.75, 3.05) is 46.1 Å². The van der Waals surface area contributed by atoms with Crippen molar-refractivity contribution in [2.45, 2.75) is 46.5 Å². The number of ether oxygens (including phenoxy) is 3. The first kappa shape index (κ1) is 28.5. The van der Waals surface area contributed by atoms with E-state index >= 15 is 0 Å². The van der Waals surface area contributed by atoms with Gasteiger partial charge in [0.2, 0.25) is 0 Å². The second-order valence-corrected chi connectivity index (χ2v) is 11.7. The summed E-state index contributed by atoms with van der Waals surface area (Å²) in [5.41, 5.74) is 6.83. The van der Waals surface area contributed by atoms with Crippen molar-refractivity contribution in [3.05, 3.63) is 46.7 Å². The predicted molar refractivity (Wildman–Crippen MR) is 147 cm³/mol. The topological polar surface area (TPSA) is 128 Å². The lowest BCUT2D eigenvalue weighted by molar-refractivity contribution is 0.0321. The number of nitrogens with two attached hydrogens (primary N) is 1. The van der Waals surface area contributed by atoms with Crippen molar-refractivity contribution in [3.63, 3.8) is 0 Å². The van der Waals surface area contributed by atoms with E-state index < -0.39 is 11.3 Å². The summed E-state index contributed by atoms with van der Waals surface area (Å²) >= 11 is 0. The molecule has 1 heterocycles. The molecule has 1 aliphatic heterocycles. The first-order valence-corrected chi connectivity index (χ1v) is 13.8. The van der Waals surface area contributed by atoms with E-state index in [1.165, 1.54) is 0 Å². The van der Waals surface area contributed by atoms with E-state index in [4.69, 9.17) is 19.9 Å². The minimum Gasteiger partial charge on any atom is -0.490 e. The number of rotatable bonds is 7. The molecule has 3 atom stereocenters. The molecule has 0 spiro atoms. The molecule has 1 aromatic carbocycles. The van der Waals surface area contributed by atoms with Gasteiger partial charge < -0.3 is 19.9 Å². The van der Waals surface area contributed by atoms with Crippen molar-refractivity contribution in [1.29, 1.82) is 15.8 Å². The minimum atomic E-state index is -1.67. The fourth-order valence-corrected chi connectivity index (χ4v) is 6.19. The summed E-state index contributed by atoms with van der Waals surface area (Å²) < 4.78 is 17.6. The Hall–Kier alpha value is -3.51. The second-order valence-electron chi connectivity index (χ2n) is 11.7. The van der Waals surface area contributed by atoms with Crippen LogP contribution in [0.4, 0.5) is 0 Å². The Morgan fingerprint density at radius 3 is 2.44 bits per heavy atom. The molecule has 1 saturated heterocycles. The highest BCUT2D eigenvalue weighted by Gasteiger charge is 2.55. The normalized spacial score (nSPS) is 24.9. The van der Waals surface area contributed by atoms with Gasteiger partial charge in [0.15, 0.2) is 16.9 Å². The zero-order valence-electron chi connectivity index (χ0n) is 23.5. The quantitative estimate of drug-likeness (QED) is 0.540. The molecule has 2 N–H and O–H groups in total. The van der Waals surface area contributed by atoms with Gasteiger partial charge in [-0.25, -0.2) is 0 Å². The Morgan fingerprint density at radius 2 is 1.82 bits per heavy atom. The van der Waals surface area contributed by atoms with Gasteiger partial charge in [0.25, 0.3) is 0 Å². The molecule has 4 rings (SSSR count). The molecule has 0 unspecified atom stereocenters. The summed E-state index contributed by atoms with van der Waals surface area (Å²) in [6.07, 6.45) is 3.69. The highest BCUT2D eigenvalue weighted by molar-refractivity contribution is 5.60. The average molecular weight is 530 g/mol. The Kier molecular flexibility index (Phi) is 8.55. The number of hydrogen-bond acceptors (Lipinski definition) is 8. The van der Waals surface area contributed by atoms with Crippen LogP contribution in [0.1, 0.15) is 52.0 Å². The minimum absolute atomic E-state index is 0.0305. The fraction of sp³-hybridized carbons (Fsp3) is 0.581. The van der Waals surface area contributed by atoms with Crippen molar-refractivity contribution in [2.24, 2.45) is 28.4 Å². The number of hydrogen-bond donors (Lipinski definition) is 1. The van der Waals surface area contributed by atoms with Crippen LogP contribution < -0.4 is 15.2 Å². The Balaban J connectivity index is 1.74. The van der Waals surface area contributed by atoms with E-state index in [-0.39, 0.29) is 22.6 Å². The largest absolute Gasteiger partial charge is 0.490 e. The van der Waals surface area contributed by atoms with Gasteiger partial charge >= 0.3 is 0 Å². The van der Waals surface area contributed by atoms with E-state index in [0.29, 0.717) is 30.6 Å². The van der Waals surface area contributed by atoms with Crippen LogP contribution in [0.5, 0.6) is 11.5 Å². The van der Waals surface area contributed by atoms with E-state index in [2.05, 4.69) is 50.0 Å². The standard InChI is InChI=1S/C31H39N5O3/c1-5-38-27-16-21(6-9-26(27)39-15-12-36-10-13-37-14-11-36)28-24-17-22(30(2,3)4)7-8-23(24)25(18-32)29(35)31(28,19-33)20-34/h6,8-9,16,22,24,28H,5,7,10-15,17,35H2,1-4H3/t22-,24-,28+/m0/s1. The molecular formula is C31H39N5O3. The molecule has 0 amide bonds. The SMILES string of the molecule is CCOc1cc([C@@H]2[C@H]3C[C@@H](C(C)(C)C)CC=C3C(C#N)=C(N)C2(C#N)C#N)ccc1OCCN1CCOCC1. The summed E-state index contributed by atoms with van der Waals surface area (Å²) in [6.45, 7) is 13.5. The van der Waals surface area contributed by atoms with E-state index in [1.807, 2.05) is 25.1 Å². The van der Waals surface area contributed by atoms with E-state index in [0.717, 1.165) is 56.8 Å². The Labute approximate surface area is 232 Å². The highest BCUT2D eigenvalue weighted by atomic mass is 16.5. The molecule has 1 fully saturated rings. The van der Waals surface area contributed by atoms with E-state index in [1.54, 1.807) is 0 Å². The number of nitriles is 3. The summed E-state index contributed by atoms with van der Waals surface area (Å²) in [4.78, 5) is 2.30. The van der Waals surface area contributed by atoms with Gasteiger partial charge in [-0.05, 0) is 60.3 Å². The first-order chi connectivity index (χ1) is 18.7. The zero-order valence-corrected chi connectivity index (χ0v) is 23.5. The summed E-state index contributed by atoms with van der Waals surface area (Å²) in [7, 11) is 0. The molecule has 8 heteroatoms. The van der Waals surface area contributed by atoms with Crippen LogP contribution in [0.15, 0.2) is 41.1 Å². The van der Waals surface area contributed by atoms with Gasteiger partial charge in [-0.2, -0.15) is 15.8 Å². The molecule has 0 radical (unpaired) electrons. The lowest BCUT2D eigenvalue weighted by Crippen LogP contribution is -2.44. The van der Waals surface area contributed by atoms with Crippen molar-refractivity contribution >= 4 is 0 Å². The van der Waals surface area contributed by atoms with Crippen LogP contribution >= 0.6 is 0 Å². The fourth-order valence-electron chi connectivity index (χ4n) is 6.19. The number of fused-ring (bicyclic) bond motifs is 1. The molecule has 0 saturated carbocycles. The smallest absolute Gasteiger partial charge is 0.191 e. The molecule has 3 aliphatic rings. The number of benzene rings is 1. The van der Waals surface area contributed by atoms with Crippen LogP contribution in [0.25, 0.3) is 0 Å². The maximum atomic E-state index is 10.5. The average Bonchev–Trinajstić information content (AvgIpc) is 2.93.